The summed E-state index contributed by atoms with van der Waals surface area (Å²) in [4.78, 5) is 12.8. The monoisotopic (exact) mass is 309 g/mol. The van der Waals surface area contributed by atoms with Crippen molar-refractivity contribution in [2.75, 3.05) is 33.0 Å². The topological polar surface area (TPSA) is 83.9 Å². The lowest BCUT2D eigenvalue weighted by atomic mass is 10.1. The highest BCUT2D eigenvalue weighted by molar-refractivity contribution is 7.85. The first-order valence-electron chi connectivity index (χ1n) is 6.51. The summed E-state index contributed by atoms with van der Waals surface area (Å²) in [6.07, 6.45) is 2.70. The Morgan fingerprint density at radius 3 is 2.30 bits per heavy atom. The summed E-state index contributed by atoms with van der Waals surface area (Å²) >= 11 is 0. The Labute approximate surface area is 122 Å². The smallest absolute Gasteiger partial charge is 0.330 e. The van der Waals surface area contributed by atoms with Crippen molar-refractivity contribution in [2.45, 2.75) is 26.7 Å². The van der Waals surface area contributed by atoms with Crippen molar-refractivity contribution < 1.29 is 22.5 Å². The predicted molar refractivity (Wildman–Crippen MR) is 80.2 cm³/mol. The highest BCUT2D eigenvalue weighted by Crippen LogP contribution is 2.02. The molecule has 0 aromatic carbocycles. The fourth-order valence-corrected chi connectivity index (χ4v) is 1.62. The molecular weight excluding hydrogens is 282 g/mol. The molecule has 6 nitrogen and oxygen atoms in total. The number of hydrogen-bond acceptors (Lipinski definition) is 5. The maximum atomic E-state index is 10.7. The average Bonchev–Trinajstić information content (AvgIpc) is 2.32. The number of esters is 1. The van der Waals surface area contributed by atoms with E-state index in [1.807, 2.05) is 14.1 Å². The molecule has 1 N–H and O–H groups in total. The van der Waals surface area contributed by atoms with Gasteiger partial charge in [0.05, 0.1) is 12.4 Å². The van der Waals surface area contributed by atoms with Crippen molar-refractivity contribution in [1.82, 2.24) is 4.90 Å². The molecule has 0 aliphatic carbocycles. The van der Waals surface area contributed by atoms with E-state index in [-0.39, 0.29) is 11.7 Å². The van der Waals surface area contributed by atoms with Crippen LogP contribution in [0.3, 0.4) is 0 Å². The van der Waals surface area contributed by atoms with Gasteiger partial charge in [0.2, 0.25) is 0 Å². The molecule has 20 heavy (non-hydrogen) atoms. The van der Waals surface area contributed by atoms with E-state index in [4.69, 9.17) is 9.29 Å². The number of hydrogen-bond donors (Lipinski definition) is 1. The van der Waals surface area contributed by atoms with Crippen molar-refractivity contribution >= 4 is 16.1 Å². The first-order chi connectivity index (χ1) is 9.12. The minimum absolute atomic E-state index is 0.132. The van der Waals surface area contributed by atoms with Gasteiger partial charge in [-0.2, -0.15) is 8.42 Å². The van der Waals surface area contributed by atoms with Gasteiger partial charge in [0.25, 0.3) is 10.1 Å². The van der Waals surface area contributed by atoms with Crippen LogP contribution in [0, 0.1) is 5.92 Å². The number of carbonyl (C=O) groups is 1. The molecule has 0 bridgehead atoms. The van der Waals surface area contributed by atoms with Crippen LogP contribution in [0.1, 0.15) is 26.7 Å². The van der Waals surface area contributed by atoms with E-state index in [0.717, 1.165) is 13.0 Å². The van der Waals surface area contributed by atoms with Gasteiger partial charge in [-0.3, -0.25) is 4.55 Å². The fraction of sp³-hybridized carbons (Fsp3) is 0.769. The molecule has 120 valence electrons. The number of carbonyl (C=O) groups excluding carboxylic acids is 1. The zero-order chi connectivity index (χ0) is 16.2. The summed E-state index contributed by atoms with van der Waals surface area (Å²) in [7, 11) is 0.386. The average molecular weight is 309 g/mol. The molecule has 0 aromatic heterocycles. The minimum atomic E-state index is -3.67. The first kappa shape index (κ1) is 21.4. The molecule has 0 heterocycles. The second-order valence-corrected chi connectivity index (χ2v) is 6.39. The summed E-state index contributed by atoms with van der Waals surface area (Å²) in [5.41, 5.74) is 0. The first-order valence-corrected chi connectivity index (χ1v) is 8.12. The van der Waals surface area contributed by atoms with Crippen LogP contribution >= 0.6 is 0 Å². The third-order valence-electron chi connectivity index (χ3n) is 2.21. The Kier molecular flexibility index (Phi) is 12.7. The zero-order valence-corrected chi connectivity index (χ0v) is 13.6. The van der Waals surface area contributed by atoms with Gasteiger partial charge >= 0.3 is 5.97 Å². The van der Waals surface area contributed by atoms with Crippen LogP contribution in [-0.4, -0.2) is 56.8 Å². The summed E-state index contributed by atoms with van der Waals surface area (Å²) in [5.74, 6) is -0.0597. The van der Waals surface area contributed by atoms with E-state index < -0.39 is 10.1 Å². The van der Waals surface area contributed by atoms with Crippen LogP contribution in [0.15, 0.2) is 12.7 Å². The van der Waals surface area contributed by atoms with E-state index in [0.29, 0.717) is 18.9 Å². The quantitative estimate of drug-likeness (QED) is 0.416. The van der Waals surface area contributed by atoms with E-state index >= 15 is 0 Å². The summed E-state index contributed by atoms with van der Waals surface area (Å²) < 4.78 is 32.5. The Bertz CT molecular complexity index is 365. The highest BCUT2D eigenvalue weighted by Gasteiger charge is 2.05. The van der Waals surface area contributed by atoms with Gasteiger partial charge in [-0.1, -0.05) is 20.4 Å². The van der Waals surface area contributed by atoms with E-state index in [1.165, 1.54) is 6.08 Å². The van der Waals surface area contributed by atoms with Gasteiger partial charge in [-0.05, 0) is 39.4 Å². The lowest BCUT2D eigenvalue weighted by molar-refractivity contribution is -0.139. The number of ether oxygens (including phenoxy) is 1. The van der Waals surface area contributed by atoms with Crippen molar-refractivity contribution in [3.63, 3.8) is 0 Å². The van der Waals surface area contributed by atoms with Gasteiger partial charge in [-0.25, -0.2) is 4.79 Å². The van der Waals surface area contributed by atoms with Crippen LogP contribution in [0.2, 0.25) is 0 Å². The second kappa shape index (κ2) is 11.9. The third-order valence-corrected chi connectivity index (χ3v) is 3.13. The van der Waals surface area contributed by atoms with Crippen LogP contribution < -0.4 is 0 Å². The van der Waals surface area contributed by atoms with Gasteiger partial charge in [0, 0.05) is 6.08 Å². The lowest BCUT2D eigenvalue weighted by Gasteiger charge is -2.14. The van der Waals surface area contributed by atoms with Gasteiger partial charge in [0.1, 0.15) is 0 Å². The maximum Gasteiger partial charge on any atom is 0.330 e. The molecular formula is C13H27NO5S. The Hall–Kier alpha value is -0.920. The molecule has 0 spiro atoms. The fourth-order valence-electron chi connectivity index (χ4n) is 1.10. The number of nitrogens with zero attached hydrogens (tertiary/aromatic N) is 1. The Balaban J connectivity index is 0. The molecule has 0 aromatic rings. The van der Waals surface area contributed by atoms with E-state index in [1.54, 1.807) is 6.92 Å². The zero-order valence-electron chi connectivity index (χ0n) is 12.8. The molecule has 7 heteroatoms. The summed E-state index contributed by atoms with van der Waals surface area (Å²) in [5, 5.41) is 0. The summed E-state index contributed by atoms with van der Waals surface area (Å²) in [6.45, 7) is 8.59. The standard InChI is InChI=1S/C10H19NO2.C3H8O3S/c1-5-10(12)13-8-9(2)6-7-11(3)4;1-2-3-7(4,5)6/h5,9H,1,6-8H2,2-4H3;2-3H2,1H3,(H,4,5,6). The van der Waals surface area contributed by atoms with E-state index in [9.17, 15) is 13.2 Å². The third kappa shape index (κ3) is 19.4. The van der Waals surface area contributed by atoms with Crippen LogP contribution in [-0.2, 0) is 19.6 Å². The van der Waals surface area contributed by atoms with Crippen molar-refractivity contribution in [1.29, 1.82) is 0 Å². The van der Waals surface area contributed by atoms with Crippen LogP contribution in [0.4, 0.5) is 0 Å². The van der Waals surface area contributed by atoms with Gasteiger partial charge in [-0.15, -0.1) is 0 Å². The van der Waals surface area contributed by atoms with Crippen LogP contribution in [0.25, 0.3) is 0 Å². The largest absolute Gasteiger partial charge is 0.462 e. The normalized spacial score (nSPS) is 12.3. The molecule has 1 atom stereocenters. The summed E-state index contributed by atoms with van der Waals surface area (Å²) in [6, 6.07) is 0. The second-order valence-electron chi connectivity index (χ2n) is 4.82. The molecule has 0 amide bonds. The maximum absolute atomic E-state index is 10.7. The molecule has 0 fully saturated rings. The molecule has 0 radical (unpaired) electrons. The Morgan fingerprint density at radius 1 is 1.45 bits per heavy atom. The molecule has 0 saturated heterocycles. The molecule has 0 aliphatic rings. The molecule has 0 saturated carbocycles. The van der Waals surface area contributed by atoms with Crippen molar-refractivity contribution in [3.05, 3.63) is 12.7 Å². The van der Waals surface area contributed by atoms with Gasteiger partial charge < -0.3 is 9.64 Å². The highest BCUT2D eigenvalue weighted by atomic mass is 32.2. The predicted octanol–water partition coefficient (Wildman–Crippen LogP) is 1.59. The van der Waals surface area contributed by atoms with Gasteiger partial charge in [0.15, 0.2) is 0 Å². The molecule has 0 aliphatic heterocycles. The molecule has 1 unspecified atom stereocenters. The van der Waals surface area contributed by atoms with Crippen molar-refractivity contribution in [3.8, 4) is 0 Å². The van der Waals surface area contributed by atoms with E-state index in [2.05, 4.69) is 18.4 Å². The van der Waals surface area contributed by atoms with Crippen molar-refractivity contribution in [2.24, 2.45) is 5.92 Å². The molecule has 0 rings (SSSR count). The van der Waals surface area contributed by atoms with Crippen LogP contribution in [0.5, 0.6) is 0 Å². The lowest BCUT2D eigenvalue weighted by Crippen LogP contribution is -2.18. The SMILES string of the molecule is C=CC(=O)OCC(C)CCN(C)C.CCCS(=O)(=O)O. The number of rotatable bonds is 8. The Morgan fingerprint density at radius 2 is 2.00 bits per heavy atom. The minimum Gasteiger partial charge on any atom is -0.462 e.